The van der Waals surface area contributed by atoms with Crippen LogP contribution >= 0.6 is 0 Å². The number of hydrogen-bond acceptors (Lipinski definition) is 0. The summed E-state index contributed by atoms with van der Waals surface area (Å²) in [5.74, 6) is 1.83. The Bertz CT molecular complexity index is 416. The number of aryl methyl sites for hydroxylation is 1. The molecule has 1 aromatic rings. The highest BCUT2D eigenvalue weighted by atomic mass is 14.2. The van der Waals surface area contributed by atoms with E-state index in [0.29, 0.717) is 0 Å². The first kappa shape index (κ1) is 14.6. The molecule has 2 rings (SSSR count). The van der Waals surface area contributed by atoms with Gasteiger partial charge in [0.1, 0.15) is 0 Å². The summed E-state index contributed by atoms with van der Waals surface area (Å²) in [7, 11) is 0. The van der Waals surface area contributed by atoms with E-state index in [1.54, 1.807) is 16.7 Å². The van der Waals surface area contributed by atoms with Crippen molar-refractivity contribution in [1.82, 2.24) is 0 Å². The Morgan fingerprint density at radius 3 is 2.79 bits per heavy atom. The average Bonchev–Trinajstić information content (AvgIpc) is 2.57. The summed E-state index contributed by atoms with van der Waals surface area (Å²) in [5.41, 5.74) is 6.34. The van der Waals surface area contributed by atoms with Gasteiger partial charge in [-0.1, -0.05) is 38.8 Å². The first-order valence-electron chi connectivity index (χ1n) is 8.19. The molecule has 1 aliphatic rings. The van der Waals surface area contributed by atoms with Crippen LogP contribution in [0.4, 0.5) is 0 Å². The Kier molecular flexibility index (Phi) is 5.07. The maximum Gasteiger partial charge on any atom is -0.0247 e. The lowest BCUT2D eigenvalue weighted by Crippen LogP contribution is -2.09. The number of rotatable bonds is 4. The summed E-state index contributed by atoms with van der Waals surface area (Å²) in [6, 6.07) is 4.73. The summed E-state index contributed by atoms with van der Waals surface area (Å²) in [4.78, 5) is 0. The van der Waals surface area contributed by atoms with E-state index in [1.165, 1.54) is 50.5 Å². The van der Waals surface area contributed by atoms with Gasteiger partial charge in [-0.05, 0) is 80.0 Å². The minimum Gasteiger partial charge on any atom is -0.0654 e. The number of benzene rings is 1. The quantitative estimate of drug-likeness (QED) is 0.614. The van der Waals surface area contributed by atoms with Crippen molar-refractivity contribution in [2.75, 3.05) is 0 Å². The number of fused-ring (bicyclic) bond motifs is 1. The van der Waals surface area contributed by atoms with Gasteiger partial charge in [0.2, 0.25) is 0 Å². The van der Waals surface area contributed by atoms with E-state index >= 15 is 0 Å². The molecule has 0 heterocycles. The van der Waals surface area contributed by atoms with E-state index in [4.69, 9.17) is 0 Å². The normalized spacial score (nSPS) is 20.7. The summed E-state index contributed by atoms with van der Waals surface area (Å²) >= 11 is 0. The van der Waals surface area contributed by atoms with Gasteiger partial charge in [-0.25, -0.2) is 0 Å². The molecule has 0 saturated carbocycles. The van der Waals surface area contributed by atoms with Gasteiger partial charge in [0, 0.05) is 0 Å². The summed E-state index contributed by atoms with van der Waals surface area (Å²) in [6.07, 6.45) is 9.62. The standard InChI is InChI=1S/C19H30/c1-5-7-14(2)12-17-8-6-9-19-16(4)15(3)10-11-18(19)13-17/h10-11,14,17H,5-9,12-13H2,1-4H3. The highest BCUT2D eigenvalue weighted by Gasteiger charge is 2.20. The largest absolute Gasteiger partial charge is 0.0654 e. The Labute approximate surface area is 119 Å². The minimum atomic E-state index is 0.906. The van der Waals surface area contributed by atoms with E-state index in [2.05, 4.69) is 39.8 Å². The van der Waals surface area contributed by atoms with Crippen LogP contribution in [0.15, 0.2) is 12.1 Å². The lowest BCUT2D eigenvalue weighted by atomic mass is 9.86. The summed E-state index contributed by atoms with van der Waals surface area (Å²) < 4.78 is 0. The summed E-state index contributed by atoms with van der Waals surface area (Å²) in [5, 5.41) is 0. The van der Waals surface area contributed by atoms with Crippen LogP contribution in [0, 0.1) is 25.7 Å². The molecule has 0 nitrogen and oxygen atoms in total. The third-order valence-corrected chi connectivity index (χ3v) is 5.03. The SMILES string of the molecule is CCCC(C)CC1CCCc2c(ccc(C)c2C)C1. The molecule has 19 heavy (non-hydrogen) atoms. The predicted octanol–water partition coefficient (Wildman–Crippen LogP) is 5.62. The molecule has 0 aromatic heterocycles. The molecule has 2 unspecified atom stereocenters. The molecule has 0 fully saturated rings. The van der Waals surface area contributed by atoms with Crippen molar-refractivity contribution in [2.45, 2.75) is 72.6 Å². The molecule has 106 valence electrons. The van der Waals surface area contributed by atoms with Gasteiger partial charge in [0.05, 0.1) is 0 Å². The molecule has 0 N–H and O–H groups in total. The van der Waals surface area contributed by atoms with E-state index < -0.39 is 0 Å². The molecular weight excluding hydrogens is 228 g/mol. The van der Waals surface area contributed by atoms with E-state index in [9.17, 15) is 0 Å². The van der Waals surface area contributed by atoms with Crippen molar-refractivity contribution >= 4 is 0 Å². The molecule has 0 heteroatoms. The fourth-order valence-electron chi connectivity index (χ4n) is 3.83. The maximum absolute atomic E-state index is 2.44. The van der Waals surface area contributed by atoms with Crippen LogP contribution in [-0.2, 0) is 12.8 Å². The first-order valence-corrected chi connectivity index (χ1v) is 8.19. The van der Waals surface area contributed by atoms with Crippen LogP contribution in [0.2, 0.25) is 0 Å². The van der Waals surface area contributed by atoms with Crippen molar-refractivity contribution in [3.05, 3.63) is 34.4 Å². The minimum absolute atomic E-state index is 0.906. The van der Waals surface area contributed by atoms with E-state index in [1.807, 2.05) is 0 Å². The monoisotopic (exact) mass is 258 g/mol. The molecule has 0 amide bonds. The van der Waals surface area contributed by atoms with Crippen LogP contribution in [0.3, 0.4) is 0 Å². The third-order valence-electron chi connectivity index (χ3n) is 5.03. The summed E-state index contributed by atoms with van der Waals surface area (Å²) in [6.45, 7) is 9.32. The Hall–Kier alpha value is -0.780. The van der Waals surface area contributed by atoms with Gasteiger partial charge in [0.25, 0.3) is 0 Å². The topological polar surface area (TPSA) is 0 Å². The van der Waals surface area contributed by atoms with Gasteiger partial charge >= 0.3 is 0 Å². The maximum atomic E-state index is 2.44. The highest BCUT2D eigenvalue weighted by Crippen LogP contribution is 2.32. The molecule has 0 spiro atoms. The molecule has 1 aliphatic carbocycles. The fraction of sp³-hybridized carbons (Fsp3) is 0.684. The van der Waals surface area contributed by atoms with Crippen LogP contribution in [0.5, 0.6) is 0 Å². The Balaban J connectivity index is 2.10. The van der Waals surface area contributed by atoms with Crippen LogP contribution in [-0.4, -0.2) is 0 Å². The zero-order valence-corrected chi connectivity index (χ0v) is 13.3. The van der Waals surface area contributed by atoms with Crippen molar-refractivity contribution in [3.8, 4) is 0 Å². The highest BCUT2D eigenvalue weighted by molar-refractivity contribution is 5.40. The van der Waals surface area contributed by atoms with Crippen LogP contribution in [0.1, 0.15) is 68.2 Å². The van der Waals surface area contributed by atoms with Crippen molar-refractivity contribution < 1.29 is 0 Å². The Morgan fingerprint density at radius 2 is 2.05 bits per heavy atom. The fourth-order valence-corrected chi connectivity index (χ4v) is 3.83. The second-order valence-electron chi connectivity index (χ2n) is 6.74. The molecule has 1 aromatic carbocycles. The van der Waals surface area contributed by atoms with Gasteiger partial charge in [-0.3, -0.25) is 0 Å². The third kappa shape index (κ3) is 3.61. The predicted molar refractivity (Wildman–Crippen MR) is 84.7 cm³/mol. The smallest absolute Gasteiger partial charge is 0.0247 e. The molecule has 0 radical (unpaired) electrons. The zero-order valence-electron chi connectivity index (χ0n) is 13.3. The van der Waals surface area contributed by atoms with Crippen molar-refractivity contribution in [3.63, 3.8) is 0 Å². The van der Waals surface area contributed by atoms with Crippen LogP contribution < -0.4 is 0 Å². The zero-order chi connectivity index (χ0) is 13.8. The van der Waals surface area contributed by atoms with Crippen molar-refractivity contribution in [2.24, 2.45) is 11.8 Å². The van der Waals surface area contributed by atoms with E-state index in [0.717, 1.165) is 11.8 Å². The second kappa shape index (κ2) is 6.59. The molecular formula is C19H30. The van der Waals surface area contributed by atoms with Gasteiger partial charge in [-0.2, -0.15) is 0 Å². The average molecular weight is 258 g/mol. The second-order valence-corrected chi connectivity index (χ2v) is 6.74. The van der Waals surface area contributed by atoms with Crippen LogP contribution in [0.25, 0.3) is 0 Å². The first-order chi connectivity index (χ1) is 9.11. The number of hydrogen-bond donors (Lipinski definition) is 0. The Morgan fingerprint density at radius 1 is 1.26 bits per heavy atom. The molecule has 0 bridgehead atoms. The lowest BCUT2D eigenvalue weighted by molar-refractivity contribution is 0.351. The van der Waals surface area contributed by atoms with E-state index in [-0.39, 0.29) is 0 Å². The van der Waals surface area contributed by atoms with Gasteiger partial charge in [-0.15, -0.1) is 0 Å². The van der Waals surface area contributed by atoms with Crippen molar-refractivity contribution in [1.29, 1.82) is 0 Å². The molecule has 2 atom stereocenters. The van der Waals surface area contributed by atoms with Gasteiger partial charge < -0.3 is 0 Å². The van der Waals surface area contributed by atoms with Gasteiger partial charge in [0.15, 0.2) is 0 Å². The molecule has 0 saturated heterocycles. The molecule has 0 aliphatic heterocycles. The lowest BCUT2D eigenvalue weighted by Gasteiger charge is -2.19.